The Morgan fingerprint density at radius 1 is 1.12 bits per heavy atom. The van der Waals surface area contributed by atoms with E-state index in [1.807, 2.05) is 0 Å². The number of nitrogens with one attached hydrogen (secondary N) is 2. The second-order valence-electron chi connectivity index (χ2n) is 5.64. The van der Waals surface area contributed by atoms with Crippen LogP contribution in [0.4, 0.5) is 23.7 Å². The summed E-state index contributed by atoms with van der Waals surface area (Å²) in [6.45, 7) is 1.66. The molecule has 2 aromatic carbocycles. The van der Waals surface area contributed by atoms with Crippen LogP contribution in [0.15, 0.2) is 42.5 Å². The predicted octanol–water partition coefficient (Wildman–Crippen LogP) is 5.11. The Kier molecular flexibility index (Phi) is 6.26. The van der Waals surface area contributed by atoms with Gasteiger partial charge < -0.3 is 5.32 Å². The van der Waals surface area contributed by atoms with Crippen LogP contribution in [0.1, 0.15) is 27.9 Å². The number of aryl methyl sites for hydroxylation is 2. The Hall–Kier alpha value is -2.54. The topological polar surface area (TPSA) is 58.2 Å². The third kappa shape index (κ3) is 5.77. The first-order valence-electron chi connectivity index (χ1n) is 7.69. The van der Waals surface area contributed by atoms with Crippen LogP contribution >= 0.6 is 11.6 Å². The molecule has 0 aromatic heterocycles. The van der Waals surface area contributed by atoms with Crippen molar-refractivity contribution in [2.24, 2.45) is 0 Å². The Bertz CT molecular complexity index is 822. The number of carbonyl (C=O) groups excluding carboxylic acids is 2. The summed E-state index contributed by atoms with van der Waals surface area (Å²) in [5, 5.41) is 4.82. The number of urea groups is 1. The Morgan fingerprint density at radius 2 is 1.81 bits per heavy atom. The van der Waals surface area contributed by atoms with E-state index < -0.39 is 24.5 Å². The molecular weight excluding hydrogens is 369 g/mol. The molecule has 0 unspecified atom stereocenters. The SMILES string of the molecule is Cc1cc(NC(=O)NC(=O)c2ccccc2Cl)ccc1CCC(F)(F)F. The molecule has 4 nitrogen and oxygen atoms in total. The number of anilines is 1. The summed E-state index contributed by atoms with van der Waals surface area (Å²) in [5.41, 5.74) is 1.68. The molecule has 0 aliphatic carbocycles. The van der Waals surface area contributed by atoms with Crippen LogP contribution < -0.4 is 10.6 Å². The van der Waals surface area contributed by atoms with Crippen LogP contribution in [0, 0.1) is 6.92 Å². The lowest BCUT2D eigenvalue weighted by atomic mass is 10.0. The van der Waals surface area contributed by atoms with Gasteiger partial charge in [-0.05, 0) is 48.7 Å². The van der Waals surface area contributed by atoms with Crippen LogP contribution in [0.3, 0.4) is 0 Å². The molecule has 8 heteroatoms. The lowest BCUT2D eigenvalue weighted by molar-refractivity contribution is -0.134. The molecule has 0 bridgehead atoms. The number of amides is 3. The van der Waals surface area contributed by atoms with Crippen molar-refractivity contribution in [1.82, 2.24) is 5.32 Å². The van der Waals surface area contributed by atoms with Gasteiger partial charge in [-0.25, -0.2) is 4.79 Å². The second-order valence-corrected chi connectivity index (χ2v) is 6.05. The van der Waals surface area contributed by atoms with Crippen LogP contribution in [0.25, 0.3) is 0 Å². The molecule has 138 valence electrons. The van der Waals surface area contributed by atoms with Gasteiger partial charge in [0.05, 0.1) is 10.6 Å². The quantitative estimate of drug-likeness (QED) is 0.770. The molecule has 26 heavy (non-hydrogen) atoms. The minimum Gasteiger partial charge on any atom is -0.308 e. The maximum atomic E-state index is 12.3. The molecule has 2 aromatic rings. The summed E-state index contributed by atoms with van der Waals surface area (Å²) in [6.07, 6.45) is -5.26. The second kappa shape index (κ2) is 8.23. The average Bonchev–Trinajstić information content (AvgIpc) is 2.53. The van der Waals surface area contributed by atoms with E-state index in [1.54, 1.807) is 25.1 Å². The van der Waals surface area contributed by atoms with Gasteiger partial charge in [0.2, 0.25) is 0 Å². The zero-order valence-corrected chi connectivity index (χ0v) is 14.5. The van der Waals surface area contributed by atoms with E-state index in [0.717, 1.165) is 0 Å². The van der Waals surface area contributed by atoms with Gasteiger partial charge in [0, 0.05) is 12.1 Å². The molecule has 0 saturated carbocycles. The predicted molar refractivity (Wildman–Crippen MR) is 93.5 cm³/mol. The maximum absolute atomic E-state index is 12.3. The van der Waals surface area contributed by atoms with Gasteiger partial charge >= 0.3 is 12.2 Å². The summed E-state index contributed by atoms with van der Waals surface area (Å²) >= 11 is 5.89. The van der Waals surface area contributed by atoms with Gasteiger partial charge in [-0.2, -0.15) is 13.2 Å². The number of halogens is 4. The van der Waals surface area contributed by atoms with Gasteiger partial charge in [-0.15, -0.1) is 0 Å². The number of rotatable bonds is 4. The molecule has 0 radical (unpaired) electrons. The molecule has 0 atom stereocenters. The van der Waals surface area contributed by atoms with Gasteiger partial charge in [-0.1, -0.05) is 29.8 Å². The molecular formula is C18H16ClF3N2O2. The zero-order chi connectivity index (χ0) is 19.3. The Labute approximate surface area is 153 Å². The minimum absolute atomic E-state index is 0.132. The van der Waals surface area contributed by atoms with Gasteiger partial charge in [0.1, 0.15) is 0 Å². The summed E-state index contributed by atoms with van der Waals surface area (Å²) in [6, 6.07) is 10.1. The first-order chi connectivity index (χ1) is 12.2. The number of carbonyl (C=O) groups is 2. The van der Waals surface area contributed by atoms with Crippen LogP contribution in [-0.2, 0) is 6.42 Å². The van der Waals surface area contributed by atoms with Crippen LogP contribution in [-0.4, -0.2) is 18.1 Å². The van der Waals surface area contributed by atoms with Gasteiger partial charge in [0.15, 0.2) is 0 Å². The van der Waals surface area contributed by atoms with E-state index in [0.29, 0.717) is 16.8 Å². The van der Waals surface area contributed by atoms with Crippen LogP contribution in [0.5, 0.6) is 0 Å². The van der Waals surface area contributed by atoms with Crippen molar-refractivity contribution in [1.29, 1.82) is 0 Å². The van der Waals surface area contributed by atoms with E-state index in [9.17, 15) is 22.8 Å². The molecule has 0 spiro atoms. The van der Waals surface area contributed by atoms with Crippen molar-refractivity contribution in [2.45, 2.75) is 25.9 Å². The summed E-state index contributed by atoms with van der Waals surface area (Å²) in [7, 11) is 0. The highest BCUT2D eigenvalue weighted by Gasteiger charge is 2.26. The monoisotopic (exact) mass is 384 g/mol. The number of alkyl halides is 3. The summed E-state index contributed by atoms with van der Waals surface area (Å²) in [5.74, 6) is -0.661. The maximum Gasteiger partial charge on any atom is 0.389 e. The standard InChI is InChI=1S/C18H16ClF3N2O2/c1-11-10-13(7-6-12(11)8-9-18(20,21)22)23-17(26)24-16(25)14-4-2-3-5-15(14)19/h2-7,10H,8-9H2,1H3,(H2,23,24,25,26). The van der Waals surface area contributed by atoms with Crippen LogP contribution in [0.2, 0.25) is 5.02 Å². The first-order valence-corrected chi connectivity index (χ1v) is 8.06. The van der Waals surface area contributed by atoms with Crippen molar-refractivity contribution in [2.75, 3.05) is 5.32 Å². The fraction of sp³-hybridized carbons (Fsp3) is 0.222. The third-order valence-corrected chi connectivity index (χ3v) is 3.95. The average molecular weight is 385 g/mol. The zero-order valence-electron chi connectivity index (χ0n) is 13.8. The minimum atomic E-state index is -4.22. The third-order valence-electron chi connectivity index (χ3n) is 3.62. The van der Waals surface area contributed by atoms with Crippen molar-refractivity contribution in [3.8, 4) is 0 Å². The number of benzene rings is 2. The highest BCUT2D eigenvalue weighted by molar-refractivity contribution is 6.34. The van der Waals surface area contributed by atoms with E-state index >= 15 is 0 Å². The van der Waals surface area contributed by atoms with Crippen molar-refractivity contribution in [3.05, 3.63) is 64.2 Å². The highest BCUT2D eigenvalue weighted by atomic mass is 35.5. The fourth-order valence-corrected chi connectivity index (χ4v) is 2.53. The van der Waals surface area contributed by atoms with Gasteiger partial charge in [-0.3, -0.25) is 10.1 Å². The van der Waals surface area contributed by atoms with E-state index in [-0.39, 0.29) is 17.0 Å². The van der Waals surface area contributed by atoms with E-state index in [1.165, 1.54) is 24.3 Å². The lowest BCUT2D eigenvalue weighted by Gasteiger charge is -2.12. The molecule has 0 aliphatic rings. The largest absolute Gasteiger partial charge is 0.389 e. The summed E-state index contributed by atoms with van der Waals surface area (Å²) < 4.78 is 36.9. The van der Waals surface area contributed by atoms with Gasteiger partial charge in [0.25, 0.3) is 5.91 Å². The van der Waals surface area contributed by atoms with Crippen molar-refractivity contribution < 1.29 is 22.8 Å². The Morgan fingerprint density at radius 3 is 2.42 bits per heavy atom. The number of hydrogen-bond acceptors (Lipinski definition) is 2. The first kappa shape index (κ1) is 19.8. The molecule has 0 aliphatic heterocycles. The molecule has 0 fully saturated rings. The molecule has 2 rings (SSSR count). The normalized spacial score (nSPS) is 11.1. The highest BCUT2D eigenvalue weighted by Crippen LogP contribution is 2.24. The van der Waals surface area contributed by atoms with E-state index in [4.69, 9.17) is 11.6 Å². The number of imide groups is 1. The number of hydrogen-bond donors (Lipinski definition) is 2. The molecule has 0 saturated heterocycles. The molecule has 3 amide bonds. The molecule has 2 N–H and O–H groups in total. The lowest BCUT2D eigenvalue weighted by Crippen LogP contribution is -2.34. The summed E-state index contributed by atoms with van der Waals surface area (Å²) in [4.78, 5) is 23.9. The smallest absolute Gasteiger partial charge is 0.308 e. The van der Waals surface area contributed by atoms with Crippen molar-refractivity contribution in [3.63, 3.8) is 0 Å². The van der Waals surface area contributed by atoms with Crippen molar-refractivity contribution >= 4 is 29.2 Å². The van der Waals surface area contributed by atoms with E-state index in [2.05, 4.69) is 10.6 Å². The fourth-order valence-electron chi connectivity index (χ4n) is 2.31. The molecule has 0 heterocycles. The Balaban J connectivity index is 1.98.